The second-order valence-corrected chi connectivity index (χ2v) is 16.7. The third kappa shape index (κ3) is 37.3. The highest BCUT2D eigenvalue weighted by Gasteiger charge is 2.39. The quantitative estimate of drug-likeness (QED) is 0.0356. The molecule has 0 spiro atoms. The Bertz CT molecular complexity index is 548. The summed E-state index contributed by atoms with van der Waals surface area (Å²) in [7, 11) is -2.88. The van der Waals surface area contributed by atoms with Crippen LogP contribution in [0.25, 0.3) is 0 Å². The lowest BCUT2D eigenvalue weighted by Gasteiger charge is -2.29. The summed E-state index contributed by atoms with van der Waals surface area (Å²) in [4.78, 5) is 0. The molecule has 0 heterocycles. The molecule has 0 aromatic heterocycles. The number of rotatable bonds is 44. The lowest BCUT2D eigenvalue weighted by molar-refractivity contribution is 0.0350. The van der Waals surface area contributed by atoms with Crippen LogP contribution < -0.4 is 0 Å². The van der Waals surface area contributed by atoms with Crippen LogP contribution in [-0.4, -0.2) is 68.3 Å². The van der Waals surface area contributed by atoms with Gasteiger partial charge in [-0.25, -0.2) is 0 Å². The van der Waals surface area contributed by atoms with E-state index in [1.54, 1.807) is 0 Å². The molecule has 0 saturated heterocycles. The van der Waals surface area contributed by atoms with Gasteiger partial charge in [0.05, 0.1) is 0 Å². The summed E-state index contributed by atoms with van der Waals surface area (Å²) in [6.07, 6.45) is 36.1. The van der Waals surface area contributed by atoms with Crippen LogP contribution >= 0.6 is 0 Å². The highest BCUT2D eigenvalue weighted by atomic mass is 28.4. The van der Waals surface area contributed by atoms with Crippen molar-refractivity contribution in [3.63, 3.8) is 0 Å². The van der Waals surface area contributed by atoms with E-state index < -0.39 is 8.80 Å². The topological polar surface area (TPSA) is 55.4 Å². The standard InChI is InChI=1S/C42H86O6Si/c1-5-9-12-15-18-21-24-27-33-43-36-30-39-46-49(42-8-4,47-40-31-37-44-34-28-25-22-19-16-13-10-6-2)48-41-32-38-45-35-29-26-23-20-17-14-11-7-3/h8H,4-7,9-42H2,1-3H3. The van der Waals surface area contributed by atoms with Crippen molar-refractivity contribution in [2.45, 2.75) is 200 Å². The monoisotopic (exact) mass is 715 g/mol. The molecule has 0 bridgehead atoms. The molecule has 0 aliphatic carbocycles. The summed E-state index contributed by atoms with van der Waals surface area (Å²) in [6, 6.07) is 0.615. The minimum Gasteiger partial charge on any atom is -0.381 e. The van der Waals surface area contributed by atoms with Gasteiger partial charge in [0.15, 0.2) is 0 Å². The van der Waals surface area contributed by atoms with Gasteiger partial charge in [-0.2, -0.15) is 0 Å². The largest absolute Gasteiger partial charge is 0.504 e. The first-order valence-electron chi connectivity index (χ1n) is 21.5. The van der Waals surface area contributed by atoms with Crippen LogP contribution in [-0.2, 0) is 27.5 Å². The molecule has 0 unspecified atom stereocenters. The van der Waals surface area contributed by atoms with Crippen LogP contribution in [0, 0.1) is 0 Å². The molecule has 0 atom stereocenters. The van der Waals surface area contributed by atoms with Crippen LogP contribution in [0.3, 0.4) is 0 Å². The van der Waals surface area contributed by atoms with E-state index in [4.69, 9.17) is 27.5 Å². The Morgan fingerprint density at radius 1 is 0.327 bits per heavy atom. The van der Waals surface area contributed by atoms with Crippen molar-refractivity contribution >= 4 is 8.80 Å². The number of hydrogen-bond acceptors (Lipinski definition) is 6. The summed E-state index contributed by atoms with van der Waals surface area (Å²) in [6.45, 7) is 17.3. The Morgan fingerprint density at radius 2 is 0.571 bits per heavy atom. The molecule has 0 saturated carbocycles. The molecule has 0 aromatic carbocycles. The number of hydrogen-bond donors (Lipinski definition) is 0. The lowest BCUT2D eigenvalue weighted by atomic mass is 10.1. The van der Waals surface area contributed by atoms with Gasteiger partial charge >= 0.3 is 8.80 Å². The molecule has 49 heavy (non-hydrogen) atoms. The Hall–Kier alpha value is -0.283. The van der Waals surface area contributed by atoms with E-state index in [-0.39, 0.29) is 0 Å². The fourth-order valence-corrected chi connectivity index (χ4v) is 8.29. The van der Waals surface area contributed by atoms with Crippen molar-refractivity contribution in [3.8, 4) is 0 Å². The molecule has 0 aromatic rings. The van der Waals surface area contributed by atoms with Crippen molar-refractivity contribution in [1.29, 1.82) is 0 Å². The molecule has 0 rings (SSSR count). The second kappa shape index (κ2) is 42.1. The smallest absolute Gasteiger partial charge is 0.381 e. The fourth-order valence-electron chi connectivity index (χ4n) is 5.96. The average Bonchev–Trinajstić information content (AvgIpc) is 3.11. The van der Waals surface area contributed by atoms with Gasteiger partial charge in [0, 0.05) is 65.5 Å². The molecule has 0 amide bonds. The Kier molecular flexibility index (Phi) is 41.9. The Morgan fingerprint density at radius 3 is 0.837 bits per heavy atom. The molecule has 294 valence electrons. The molecule has 7 heteroatoms. The molecule has 0 fully saturated rings. The lowest BCUT2D eigenvalue weighted by Crippen LogP contribution is -2.46. The highest BCUT2D eigenvalue weighted by molar-refractivity contribution is 6.61. The van der Waals surface area contributed by atoms with Gasteiger partial charge in [-0.1, -0.05) is 162 Å². The second-order valence-electron chi connectivity index (χ2n) is 14.0. The highest BCUT2D eigenvalue weighted by Crippen LogP contribution is 2.19. The van der Waals surface area contributed by atoms with Gasteiger partial charge in [-0.15, -0.1) is 6.58 Å². The molecular weight excluding hydrogens is 629 g/mol. The molecule has 6 nitrogen and oxygen atoms in total. The zero-order valence-corrected chi connectivity index (χ0v) is 34.4. The van der Waals surface area contributed by atoms with Crippen LogP contribution in [0.15, 0.2) is 12.7 Å². The van der Waals surface area contributed by atoms with Crippen molar-refractivity contribution in [3.05, 3.63) is 12.7 Å². The predicted octanol–water partition coefficient (Wildman–Crippen LogP) is 12.8. The normalized spacial score (nSPS) is 11.9. The van der Waals surface area contributed by atoms with Crippen LogP contribution in [0.5, 0.6) is 0 Å². The fraction of sp³-hybridized carbons (Fsp3) is 0.952. The van der Waals surface area contributed by atoms with Crippen LogP contribution in [0.4, 0.5) is 0 Å². The van der Waals surface area contributed by atoms with E-state index in [9.17, 15) is 0 Å². The molecule has 0 N–H and O–H groups in total. The van der Waals surface area contributed by atoms with Crippen LogP contribution in [0.1, 0.15) is 194 Å². The molecule has 0 radical (unpaired) electrons. The minimum atomic E-state index is -2.88. The third-order valence-corrected chi connectivity index (χ3v) is 11.8. The molecular formula is C42H86O6Si. The van der Waals surface area contributed by atoms with E-state index in [0.29, 0.717) is 45.7 Å². The first kappa shape index (κ1) is 48.7. The van der Waals surface area contributed by atoms with Gasteiger partial charge in [-0.05, 0) is 38.5 Å². The van der Waals surface area contributed by atoms with Gasteiger partial charge in [0.1, 0.15) is 0 Å². The van der Waals surface area contributed by atoms with Gasteiger partial charge in [0.2, 0.25) is 0 Å². The molecule has 0 aliphatic rings. The number of allylic oxidation sites excluding steroid dienone is 1. The van der Waals surface area contributed by atoms with E-state index in [1.807, 2.05) is 6.08 Å². The Balaban J connectivity index is 4.33. The number of ether oxygens (including phenoxy) is 3. The van der Waals surface area contributed by atoms with Crippen molar-refractivity contribution in [1.82, 2.24) is 0 Å². The first-order chi connectivity index (χ1) is 24.2. The minimum absolute atomic E-state index is 0.585. The maximum absolute atomic E-state index is 6.44. The summed E-state index contributed by atoms with van der Waals surface area (Å²) in [5.74, 6) is 0. The van der Waals surface area contributed by atoms with Gasteiger partial charge in [-0.3, -0.25) is 0 Å². The maximum atomic E-state index is 6.44. The van der Waals surface area contributed by atoms with Crippen molar-refractivity contribution in [2.75, 3.05) is 59.5 Å². The van der Waals surface area contributed by atoms with E-state index in [0.717, 1.165) is 58.3 Å². The van der Waals surface area contributed by atoms with Gasteiger partial charge < -0.3 is 27.5 Å². The zero-order chi connectivity index (χ0) is 35.6. The summed E-state index contributed by atoms with van der Waals surface area (Å²) in [5, 5.41) is 0. The van der Waals surface area contributed by atoms with E-state index in [2.05, 4.69) is 27.4 Å². The zero-order valence-electron chi connectivity index (χ0n) is 33.4. The van der Waals surface area contributed by atoms with E-state index in [1.165, 1.54) is 135 Å². The van der Waals surface area contributed by atoms with E-state index >= 15 is 0 Å². The van der Waals surface area contributed by atoms with Crippen molar-refractivity contribution in [2.24, 2.45) is 0 Å². The SMILES string of the molecule is C=CC[Si](OCCCOCCCCCCCCCC)(OCCCOCCCCCCCCCC)OCCCOCCCCCCCCCC. The Labute approximate surface area is 307 Å². The van der Waals surface area contributed by atoms with Crippen LogP contribution in [0.2, 0.25) is 6.04 Å². The molecule has 0 aliphatic heterocycles. The summed E-state index contributed by atoms with van der Waals surface area (Å²) < 4.78 is 37.1. The third-order valence-electron chi connectivity index (χ3n) is 9.09. The first-order valence-corrected chi connectivity index (χ1v) is 23.4. The maximum Gasteiger partial charge on any atom is 0.504 e. The van der Waals surface area contributed by atoms with Gasteiger partial charge in [0.25, 0.3) is 0 Å². The predicted molar refractivity (Wildman–Crippen MR) is 213 cm³/mol. The average molecular weight is 715 g/mol. The summed E-state index contributed by atoms with van der Waals surface area (Å²) >= 11 is 0. The number of unbranched alkanes of at least 4 members (excludes halogenated alkanes) is 21. The summed E-state index contributed by atoms with van der Waals surface area (Å²) in [5.41, 5.74) is 0. The van der Waals surface area contributed by atoms with Crippen molar-refractivity contribution < 1.29 is 27.5 Å².